The van der Waals surface area contributed by atoms with Crippen molar-refractivity contribution in [1.82, 2.24) is 15.1 Å². The van der Waals surface area contributed by atoms with Crippen LogP contribution in [0, 0.1) is 0 Å². The highest BCUT2D eigenvalue weighted by Gasteiger charge is 2.36. The molecule has 1 saturated heterocycles. The van der Waals surface area contributed by atoms with E-state index in [1.165, 1.54) is 0 Å². The lowest BCUT2D eigenvalue weighted by atomic mass is 9.98. The minimum atomic E-state index is -0.188. The molecule has 0 bridgehead atoms. The van der Waals surface area contributed by atoms with Crippen LogP contribution in [0.3, 0.4) is 0 Å². The Kier molecular flexibility index (Phi) is 5.33. The van der Waals surface area contributed by atoms with Gasteiger partial charge in [-0.15, -0.1) is 0 Å². The first kappa shape index (κ1) is 19.5. The Bertz CT molecular complexity index is 732. The van der Waals surface area contributed by atoms with Crippen molar-refractivity contribution in [3.63, 3.8) is 0 Å². The minimum Gasteiger partial charge on any atom is -0.489 e. The quantitative estimate of drug-likeness (QED) is 0.861. The first-order valence-corrected chi connectivity index (χ1v) is 9.43. The fraction of sp³-hybridized carbons (Fsp3) is 0.600. The zero-order valence-corrected chi connectivity index (χ0v) is 16.9. The number of ether oxygens (including phenoxy) is 1. The van der Waals surface area contributed by atoms with Crippen molar-refractivity contribution in [2.75, 3.05) is 52.3 Å². The largest absolute Gasteiger partial charge is 0.489 e. The zero-order valence-electron chi connectivity index (χ0n) is 16.9. The third-order valence-corrected chi connectivity index (χ3v) is 5.48. The number of hydrogen-bond donors (Lipinski definition) is 1. The normalized spacial score (nSPS) is 21.3. The van der Waals surface area contributed by atoms with Gasteiger partial charge in [0.15, 0.2) is 0 Å². The number of nitrogens with zero attached hydrogens (tertiary/aromatic N) is 3. The van der Waals surface area contributed by atoms with Crippen LogP contribution in [0.1, 0.15) is 30.6 Å². The summed E-state index contributed by atoms with van der Waals surface area (Å²) in [6, 6.07) is 5.41. The van der Waals surface area contributed by atoms with Crippen LogP contribution in [-0.2, 0) is 4.79 Å². The first-order chi connectivity index (χ1) is 12.7. The highest BCUT2D eigenvalue weighted by atomic mass is 16.5. The summed E-state index contributed by atoms with van der Waals surface area (Å²) in [4.78, 5) is 30.8. The Labute approximate surface area is 161 Å². The van der Waals surface area contributed by atoms with Gasteiger partial charge in [0, 0.05) is 51.9 Å². The predicted molar refractivity (Wildman–Crippen MR) is 105 cm³/mol. The van der Waals surface area contributed by atoms with Gasteiger partial charge < -0.3 is 24.8 Å². The molecule has 0 saturated carbocycles. The smallest absolute Gasteiger partial charge is 0.253 e. The van der Waals surface area contributed by atoms with Crippen molar-refractivity contribution in [3.05, 3.63) is 23.8 Å². The van der Waals surface area contributed by atoms with Gasteiger partial charge in [-0.2, -0.15) is 0 Å². The highest BCUT2D eigenvalue weighted by molar-refractivity contribution is 5.95. The Balaban J connectivity index is 1.76. The molecule has 2 aliphatic rings. The van der Waals surface area contributed by atoms with Crippen LogP contribution in [0.25, 0.3) is 0 Å². The lowest BCUT2D eigenvalue weighted by Gasteiger charge is -2.44. The molecule has 1 N–H and O–H groups in total. The van der Waals surface area contributed by atoms with E-state index >= 15 is 0 Å². The van der Waals surface area contributed by atoms with Gasteiger partial charge in [-0.25, -0.2) is 0 Å². The van der Waals surface area contributed by atoms with Gasteiger partial charge >= 0.3 is 0 Å². The van der Waals surface area contributed by atoms with Crippen LogP contribution in [-0.4, -0.2) is 80.6 Å². The van der Waals surface area contributed by atoms with Crippen molar-refractivity contribution in [2.45, 2.75) is 31.8 Å². The van der Waals surface area contributed by atoms with E-state index in [0.29, 0.717) is 18.6 Å². The van der Waals surface area contributed by atoms with E-state index < -0.39 is 0 Å². The van der Waals surface area contributed by atoms with Gasteiger partial charge in [-0.05, 0) is 32.0 Å². The van der Waals surface area contributed by atoms with Crippen LogP contribution in [0.2, 0.25) is 0 Å². The zero-order chi connectivity index (χ0) is 19.8. The van der Waals surface area contributed by atoms with Gasteiger partial charge in [0.25, 0.3) is 5.91 Å². The Morgan fingerprint density at radius 2 is 2.07 bits per heavy atom. The van der Waals surface area contributed by atoms with E-state index in [1.807, 2.05) is 24.1 Å². The predicted octanol–water partition coefficient (Wildman–Crippen LogP) is 1.19. The molecule has 0 aliphatic carbocycles. The Morgan fingerprint density at radius 1 is 1.33 bits per heavy atom. The van der Waals surface area contributed by atoms with Gasteiger partial charge in [0.05, 0.1) is 18.2 Å². The second kappa shape index (κ2) is 7.38. The maximum Gasteiger partial charge on any atom is 0.253 e. The van der Waals surface area contributed by atoms with Crippen LogP contribution in [0.15, 0.2) is 18.2 Å². The summed E-state index contributed by atoms with van der Waals surface area (Å²) in [5.74, 6) is 0.844. The molecule has 2 heterocycles. The number of fused-ring (bicyclic) bond motifs is 1. The monoisotopic (exact) mass is 374 g/mol. The van der Waals surface area contributed by atoms with Gasteiger partial charge in [0.2, 0.25) is 5.91 Å². The third kappa shape index (κ3) is 3.88. The number of piperazine rings is 1. The average molecular weight is 374 g/mol. The number of benzene rings is 1. The van der Waals surface area contributed by atoms with E-state index in [-0.39, 0.29) is 23.4 Å². The van der Waals surface area contributed by atoms with Crippen molar-refractivity contribution < 1.29 is 14.3 Å². The van der Waals surface area contributed by atoms with Gasteiger partial charge in [-0.1, -0.05) is 0 Å². The lowest BCUT2D eigenvalue weighted by Crippen LogP contribution is -2.60. The fourth-order valence-electron chi connectivity index (χ4n) is 3.75. The average Bonchev–Trinajstić information content (AvgIpc) is 2.62. The third-order valence-electron chi connectivity index (χ3n) is 5.48. The van der Waals surface area contributed by atoms with E-state index in [9.17, 15) is 9.59 Å². The van der Waals surface area contributed by atoms with E-state index in [0.717, 1.165) is 31.1 Å². The van der Waals surface area contributed by atoms with Crippen LogP contribution < -0.4 is 15.0 Å². The molecule has 0 aromatic heterocycles. The Hall–Kier alpha value is -2.28. The number of hydrogen-bond acceptors (Lipinski definition) is 5. The summed E-state index contributed by atoms with van der Waals surface area (Å²) in [5.41, 5.74) is 1.28. The molecule has 0 unspecified atom stereocenters. The standard InChI is InChI=1S/C20H30N4O3/c1-20(2)13-21-8-9-24(20)18(25)11-15-12-27-17-7-6-14(19(26)22(3)4)10-16(17)23(15)5/h6-7,10,15,21H,8-9,11-13H2,1-5H3/t15-/m0/s1. The van der Waals surface area contributed by atoms with Crippen LogP contribution in [0.4, 0.5) is 5.69 Å². The van der Waals surface area contributed by atoms with E-state index in [1.54, 1.807) is 25.1 Å². The minimum absolute atomic E-state index is 0.0491. The molecule has 1 aromatic rings. The SMILES string of the molecule is CN(C)C(=O)c1ccc2c(c1)N(C)[C@@H](CC(=O)N1CCNCC1(C)C)CO2. The molecule has 2 aliphatic heterocycles. The topological polar surface area (TPSA) is 65.1 Å². The Morgan fingerprint density at radius 3 is 2.74 bits per heavy atom. The molecule has 7 heteroatoms. The molecule has 1 aromatic carbocycles. The van der Waals surface area contributed by atoms with Crippen molar-refractivity contribution >= 4 is 17.5 Å². The fourth-order valence-corrected chi connectivity index (χ4v) is 3.75. The number of amides is 2. The second-order valence-electron chi connectivity index (χ2n) is 8.20. The molecule has 0 radical (unpaired) electrons. The van der Waals surface area contributed by atoms with Crippen molar-refractivity contribution in [1.29, 1.82) is 0 Å². The molecule has 0 spiro atoms. The maximum absolute atomic E-state index is 13.0. The second-order valence-corrected chi connectivity index (χ2v) is 8.20. The maximum atomic E-state index is 13.0. The summed E-state index contributed by atoms with van der Waals surface area (Å²) in [7, 11) is 5.43. The summed E-state index contributed by atoms with van der Waals surface area (Å²) in [6.07, 6.45) is 0.394. The number of carbonyl (C=O) groups is 2. The molecule has 1 fully saturated rings. The van der Waals surface area contributed by atoms with E-state index in [2.05, 4.69) is 24.1 Å². The number of rotatable bonds is 3. The molecule has 1 atom stereocenters. The summed E-state index contributed by atoms with van der Waals surface area (Å²) in [6.45, 7) is 6.99. The molecule has 7 nitrogen and oxygen atoms in total. The highest BCUT2D eigenvalue weighted by Crippen LogP contribution is 2.35. The first-order valence-electron chi connectivity index (χ1n) is 9.43. The molecule has 2 amide bonds. The summed E-state index contributed by atoms with van der Waals surface area (Å²) in [5, 5.41) is 3.35. The van der Waals surface area contributed by atoms with Crippen LogP contribution in [0.5, 0.6) is 5.75 Å². The summed E-state index contributed by atoms with van der Waals surface area (Å²) < 4.78 is 5.89. The molecule has 148 valence electrons. The van der Waals surface area contributed by atoms with E-state index in [4.69, 9.17) is 4.74 Å². The molecular weight excluding hydrogens is 344 g/mol. The van der Waals surface area contributed by atoms with Crippen molar-refractivity contribution in [3.8, 4) is 5.75 Å². The van der Waals surface area contributed by atoms with Crippen molar-refractivity contribution in [2.24, 2.45) is 0 Å². The number of likely N-dealkylation sites (N-methyl/N-ethyl adjacent to an activating group) is 1. The number of nitrogens with one attached hydrogen (secondary N) is 1. The van der Waals surface area contributed by atoms with Gasteiger partial charge in [0.1, 0.15) is 12.4 Å². The van der Waals surface area contributed by atoms with Gasteiger partial charge in [-0.3, -0.25) is 9.59 Å². The number of carbonyl (C=O) groups excluding carboxylic acids is 2. The summed E-state index contributed by atoms with van der Waals surface area (Å²) >= 11 is 0. The molecular formula is C20H30N4O3. The molecule has 3 rings (SSSR count). The molecule has 27 heavy (non-hydrogen) atoms. The lowest BCUT2D eigenvalue weighted by molar-refractivity contribution is -0.138. The van der Waals surface area contributed by atoms with Crippen LogP contribution >= 0.6 is 0 Å². The number of anilines is 1.